The molecular weight excluding hydrogens is 495 g/mol. The second-order valence-electron chi connectivity index (χ2n) is 9.27. The second-order valence-corrected chi connectivity index (χ2v) is 11.8. The zero-order valence-electron chi connectivity index (χ0n) is 20.5. The molecule has 1 aromatic carbocycles. The van der Waals surface area contributed by atoms with E-state index in [1.54, 1.807) is 17.0 Å². The van der Waals surface area contributed by atoms with E-state index in [2.05, 4.69) is 45.0 Å². The van der Waals surface area contributed by atoms with Crippen LogP contribution in [0, 0.1) is 5.82 Å². The van der Waals surface area contributed by atoms with Gasteiger partial charge in [-0.25, -0.2) is 25.3 Å². The van der Waals surface area contributed by atoms with E-state index in [9.17, 15) is 4.39 Å². The first-order valence-corrected chi connectivity index (χ1v) is 14.5. The van der Waals surface area contributed by atoms with Gasteiger partial charge in [-0.05, 0) is 61.4 Å². The molecule has 0 radical (unpaired) electrons. The predicted octanol–water partition coefficient (Wildman–Crippen LogP) is 6.46. The molecule has 1 unspecified atom stereocenters. The largest absolute Gasteiger partial charge is 0.473 e. The number of aromatic nitrogens is 3. The highest BCUT2D eigenvalue weighted by Crippen LogP contribution is 2.44. The average molecular weight is 527 g/mol. The topological polar surface area (TPSA) is 43.2 Å². The fraction of sp³-hybridized carbons (Fsp3) is 0.357. The summed E-state index contributed by atoms with van der Waals surface area (Å²) in [7, 11) is -0.278. The number of piperidine rings is 1. The normalized spacial score (nSPS) is 19.5. The number of thiol groups is 1. The van der Waals surface area contributed by atoms with Crippen LogP contribution in [-0.2, 0) is 18.9 Å². The van der Waals surface area contributed by atoms with Gasteiger partial charge in [0.25, 0.3) is 0 Å². The molecule has 0 N–H and O–H groups in total. The molecule has 1 fully saturated rings. The van der Waals surface area contributed by atoms with Gasteiger partial charge in [0.05, 0.1) is 6.33 Å². The van der Waals surface area contributed by atoms with E-state index in [0.717, 1.165) is 50.5 Å². The molecule has 0 spiro atoms. The number of allylic oxidation sites excluding steroid dienone is 2. The molecule has 36 heavy (non-hydrogen) atoms. The van der Waals surface area contributed by atoms with Crippen molar-refractivity contribution >= 4 is 22.5 Å². The Hall–Kier alpha value is -2.61. The number of pyridine rings is 1. The quantitative estimate of drug-likeness (QED) is 0.325. The molecular formula is C28H32ClFN4OS. The molecule has 3 aromatic rings. The van der Waals surface area contributed by atoms with Crippen LogP contribution in [0.3, 0.4) is 0 Å². The fourth-order valence-electron chi connectivity index (χ4n) is 4.83. The number of benzene rings is 1. The zero-order valence-corrected chi connectivity index (χ0v) is 22.1. The number of imidazole rings is 1. The van der Waals surface area contributed by atoms with Crippen molar-refractivity contribution in [2.24, 2.45) is 0 Å². The molecule has 2 aliphatic rings. The van der Waals surface area contributed by atoms with Crippen molar-refractivity contribution in [1.29, 1.82) is 0 Å². The molecule has 190 valence electrons. The molecule has 4 heterocycles. The van der Waals surface area contributed by atoms with Crippen LogP contribution < -0.4 is 4.74 Å². The number of nitrogens with zero attached hydrogens (tertiary/aromatic N) is 4. The van der Waals surface area contributed by atoms with Crippen LogP contribution in [-0.4, -0.2) is 39.1 Å². The Kier molecular flexibility index (Phi) is 8.09. The number of halogens is 2. The van der Waals surface area contributed by atoms with Gasteiger partial charge >= 0.3 is 0 Å². The van der Waals surface area contributed by atoms with Crippen LogP contribution in [0.2, 0.25) is 5.02 Å². The standard InChI is InChI=1S/C28H32ClFN4OS/c1-2-34-20-31-16-24(34)19-36-14-4-5-25(36)17-33-12-10-21(11-13-33)27-6-3-7-28(32-27)35-18-22-8-9-23(29)15-26(22)30/h3-9,14-16,20-21,36H,2,10-13,17-19H2,1H3. The summed E-state index contributed by atoms with van der Waals surface area (Å²) in [4.78, 5) is 13.2. The van der Waals surface area contributed by atoms with Crippen LogP contribution in [0.15, 0.2) is 71.4 Å². The third-order valence-corrected chi connectivity index (χ3v) is 9.38. The lowest BCUT2D eigenvalue weighted by Gasteiger charge is -2.33. The number of hydrogen-bond acceptors (Lipinski definition) is 4. The van der Waals surface area contributed by atoms with E-state index in [1.807, 2.05) is 24.7 Å². The molecule has 2 aliphatic heterocycles. The number of rotatable bonds is 9. The summed E-state index contributed by atoms with van der Waals surface area (Å²) in [5.74, 6) is 1.65. The lowest BCUT2D eigenvalue weighted by Crippen LogP contribution is -2.34. The average Bonchev–Trinajstić information content (AvgIpc) is 3.53. The van der Waals surface area contributed by atoms with Gasteiger partial charge in [0.15, 0.2) is 0 Å². The van der Waals surface area contributed by atoms with Crippen LogP contribution in [0.25, 0.3) is 0 Å². The minimum atomic E-state index is -0.363. The SMILES string of the molecule is CCn1cncc1C[SH]1C=CC=C1CN1CCC(c2cccc(OCc3ccc(Cl)cc3F)n2)CC1. The Morgan fingerprint density at radius 1 is 1.19 bits per heavy atom. The number of likely N-dealkylation sites (tertiary alicyclic amines) is 1. The lowest BCUT2D eigenvalue weighted by atomic mass is 9.93. The maximum atomic E-state index is 14.1. The van der Waals surface area contributed by atoms with Crippen molar-refractivity contribution in [3.8, 4) is 5.88 Å². The molecule has 1 saturated heterocycles. The van der Waals surface area contributed by atoms with Crippen molar-refractivity contribution < 1.29 is 9.13 Å². The van der Waals surface area contributed by atoms with E-state index < -0.39 is 0 Å². The molecule has 0 amide bonds. The summed E-state index contributed by atoms with van der Waals surface area (Å²) in [6.07, 6.45) is 10.6. The molecule has 1 atom stereocenters. The van der Waals surface area contributed by atoms with E-state index >= 15 is 0 Å². The van der Waals surface area contributed by atoms with Crippen LogP contribution in [0.5, 0.6) is 5.88 Å². The highest BCUT2D eigenvalue weighted by molar-refractivity contribution is 8.22. The highest BCUT2D eigenvalue weighted by atomic mass is 35.5. The van der Waals surface area contributed by atoms with E-state index in [1.165, 1.54) is 11.8 Å². The highest BCUT2D eigenvalue weighted by Gasteiger charge is 2.24. The molecule has 0 aliphatic carbocycles. The van der Waals surface area contributed by atoms with Gasteiger partial charge in [-0.2, -0.15) is 0 Å². The summed E-state index contributed by atoms with van der Waals surface area (Å²) in [6, 6.07) is 10.5. The molecule has 0 bridgehead atoms. The van der Waals surface area contributed by atoms with Crippen molar-refractivity contribution in [3.05, 3.63) is 99.2 Å². The molecule has 0 saturated carbocycles. The zero-order chi connectivity index (χ0) is 24.9. The Morgan fingerprint density at radius 2 is 2.06 bits per heavy atom. The van der Waals surface area contributed by atoms with E-state index in [-0.39, 0.29) is 23.3 Å². The molecule has 5 nitrogen and oxygen atoms in total. The molecule has 5 rings (SSSR count). The number of ether oxygens (including phenoxy) is 1. The van der Waals surface area contributed by atoms with Crippen LogP contribution in [0.1, 0.15) is 42.6 Å². The summed E-state index contributed by atoms with van der Waals surface area (Å²) < 4.78 is 22.1. The van der Waals surface area contributed by atoms with Gasteiger partial charge in [-0.1, -0.05) is 35.9 Å². The summed E-state index contributed by atoms with van der Waals surface area (Å²) in [5, 5.41) is 2.76. The third kappa shape index (κ3) is 6.02. The van der Waals surface area contributed by atoms with Crippen molar-refractivity contribution in [2.45, 2.75) is 44.6 Å². The van der Waals surface area contributed by atoms with Gasteiger partial charge < -0.3 is 9.30 Å². The molecule has 8 heteroatoms. The lowest BCUT2D eigenvalue weighted by molar-refractivity contribution is 0.228. The maximum absolute atomic E-state index is 14.1. The smallest absolute Gasteiger partial charge is 0.213 e. The van der Waals surface area contributed by atoms with Gasteiger partial charge in [-0.3, -0.25) is 4.90 Å². The monoisotopic (exact) mass is 526 g/mol. The first kappa shape index (κ1) is 25.1. The minimum absolute atomic E-state index is 0.128. The Morgan fingerprint density at radius 3 is 2.86 bits per heavy atom. The molecule has 2 aromatic heterocycles. The minimum Gasteiger partial charge on any atom is -0.473 e. The Balaban J connectivity index is 1.13. The Bertz CT molecular complexity index is 1250. The van der Waals surface area contributed by atoms with Gasteiger partial charge in [0, 0.05) is 59.0 Å². The van der Waals surface area contributed by atoms with Crippen molar-refractivity contribution in [3.63, 3.8) is 0 Å². The number of hydrogen-bond donors (Lipinski definition) is 1. The summed E-state index contributed by atoms with van der Waals surface area (Å²) in [6.45, 7) is 6.41. The second kappa shape index (κ2) is 11.6. The fourth-order valence-corrected chi connectivity index (χ4v) is 7.06. The van der Waals surface area contributed by atoms with E-state index in [0.29, 0.717) is 22.4 Å². The van der Waals surface area contributed by atoms with Crippen LogP contribution in [0.4, 0.5) is 4.39 Å². The third-order valence-electron chi connectivity index (χ3n) is 6.92. The first-order valence-electron chi connectivity index (χ1n) is 12.5. The van der Waals surface area contributed by atoms with Crippen molar-refractivity contribution in [1.82, 2.24) is 19.4 Å². The van der Waals surface area contributed by atoms with Gasteiger partial charge in [0.1, 0.15) is 12.4 Å². The van der Waals surface area contributed by atoms with Gasteiger partial charge in [-0.15, -0.1) is 0 Å². The van der Waals surface area contributed by atoms with Crippen LogP contribution >= 0.6 is 22.5 Å². The predicted molar refractivity (Wildman–Crippen MR) is 146 cm³/mol. The maximum Gasteiger partial charge on any atom is 0.213 e. The number of aryl methyl sites for hydroxylation is 1. The first-order chi connectivity index (χ1) is 17.6. The summed E-state index contributed by atoms with van der Waals surface area (Å²) >= 11 is 5.84. The van der Waals surface area contributed by atoms with Gasteiger partial charge in [0.2, 0.25) is 5.88 Å². The summed E-state index contributed by atoms with van der Waals surface area (Å²) in [5.41, 5.74) is 2.85. The van der Waals surface area contributed by atoms with Crippen molar-refractivity contribution in [2.75, 3.05) is 19.6 Å². The van der Waals surface area contributed by atoms with E-state index in [4.69, 9.17) is 21.3 Å². The Labute approximate surface area is 220 Å².